The second-order valence-corrected chi connectivity index (χ2v) is 7.26. The number of carbonyl (C=O) groups is 1. The van der Waals surface area contributed by atoms with Crippen LogP contribution in [0.3, 0.4) is 0 Å². The van der Waals surface area contributed by atoms with E-state index < -0.39 is 27.8 Å². The summed E-state index contributed by atoms with van der Waals surface area (Å²) in [4.78, 5) is 11.0. The van der Waals surface area contributed by atoms with Crippen molar-refractivity contribution in [3.05, 3.63) is 29.8 Å². The molecule has 1 N–H and O–H groups in total. The van der Waals surface area contributed by atoms with E-state index in [0.29, 0.717) is 0 Å². The van der Waals surface area contributed by atoms with Crippen LogP contribution in [-0.4, -0.2) is 36.9 Å². The van der Waals surface area contributed by atoms with Gasteiger partial charge in [0.05, 0.1) is 10.3 Å². The third-order valence-corrected chi connectivity index (χ3v) is 5.58. The Balaban J connectivity index is 2.25. The van der Waals surface area contributed by atoms with Crippen LogP contribution in [0.1, 0.15) is 25.3 Å². The molecule has 1 aliphatic rings. The predicted octanol–water partition coefficient (Wildman–Crippen LogP) is 2.11. The van der Waals surface area contributed by atoms with E-state index in [1.807, 2.05) is 0 Å². The summed E-state index contributed by atoms with van der Waals surface area (Å²) in [6.45, 7) is 1.47. The molecule has 116 valence electrons. The standard InChI is InChI=1S/C13H15F2NO4S/c1-13(12(17)18)6-7-16(8-13)21(19,20)10-4-2-9(3-5-10)11(14)15/h2-5,11H,6-8H2,1H3,(H,17,18). The zero-order chi connectivity index (χ0) is 15.8. The van der Waals surface area contributed by atoms with Crippen molar-refractivity contribution < 1.29 is 27.1 Å². The molecule has 1 unspecified atom stereocenters. The molecule has 0 saturated carbocycles. The fourth-order valence-electron chi connectivity index (χ4n) is 2.23. The van der Waals surface area contributed by atoms with Gasteiger partial charge in [0.15, 0.2) is 0 Å². The molecule has 21 heavy (non-hydrogen) atoms. The molecule has 0 spiro atoms. The molecule has 5 nitrogen and oxygen atoms in total. The van der Waals surface area contributed by atoms with Crippen LogP contribution in [0, 0.1) is 5.41 Å². The van der Waals surface area contributed by atoms with Gasteiger partial charge in [0.2, 0.25) is 10.0 Å². The number of carboxylic acids is 1. The minimum Gasteiger partial charge on any atom is -0.481 e. The van der Waals surface area contributed by atoms with Gasteiger partial charge in [-0.3, -0.25) is 4.79 Å². The largest absolute Gasteiger partial charge is 0.481 e. The molecule has 1 aliphatic heterocycles. The van der Waals surface area contributed by atoms with Crippen molar-refractivity contribution in [1.82, 2.24) is 4.31 Å². The first kappa shape index (κ1) is 15.8. The molecular weight excluding hydrogens is 304 g/mol. The highest BCUT2D eigenvalue weighted by atomic mass is 32.2. The molecule has 2 rings (SSSR count). The van der Waals surface area contributed by atoms with Crippen LogP contribution in [0.25, 0.3) is 0 Å². The SMILES string of the molecule is CC1(C(=O)O)CCN(S(=O)(=O)c2ccc(C(F)F)cc2)C1. The fraction of sp³-hybridized carbons (Fsp3) is 0.462. The Labute approximate surface area is 121 Å². The van der Waals surface area contributed by atoms with Gasteiger partial charge in [-0.15, -0.1) is 0 Å². The van der Waals surface area contributed by atoms with E-state index in [1.165, 1.54) is 6.92 Å². The van der Waals surface area contributed by atoms with Crippen LogP contribution in [0.15, 0.2) is 29.2 Å². The molecule has 0 aliphatic carbocycles. The van der Waals surface area contributed by atoms with E-state index in [1.54, 1.807) is 0 Å². The van der Waals surface area contributed by atoms with Gasteiger partial charge in [0.25, 0.3) is 6.43 Å². The summed E-state index contributed by atoms with van der Waals surface area (Å²) in [6, 6.07) is 4.36. The first-order valence-electron chi connectivity index (χ1n) is 6.28. The Kier molecular flexibility index (Phi) is 4.03. The summed E-state index contributed by atoms with van der Waals surface area (Å²) in [6.07, 6.45) is -2.44. The highest BCUT2D eigenvalue weighted by Gasteiger charge is 2.44. The van der Waals surface area contributed by atoms with Crippen LogP contribution in [0.5, 0.6) is 0 Å². The van der Waals surface area contributed by atoms with Crippen molar-refractivity contribution in [3.8, 4) is 0 Å². The summed E-state index contributed by atoms with van der Waals surface area (Å²) in [7, 11) is -3.86. The van der Waals surface area contributed by atoms with Crippen molar-refractivity contribution in [2.24, 2.45) is 5.41 Å². The lowest BCUT2D eigenvalue weighted by molar-refractivity contribution is -0.146. The van der Waals surface area contributed by atoms with Crippen molar-refractivity contribution in [1.29, 1.82) is 0 Å². The predicted molar refractivity (Wildman–Crippen MR) is 70.5 cm³/mol. The van der Waals surface area contributed by atoms with E-state index in [2.05, 4.69) is 0 Å². The zero-order valence-corrected chi connectivity index (χ0v) is 12.1. The summed E-state index contributed by atoms with van der Waals surface area (Å²) < 4.78 is 50.7. The van der Waals surface area contributed by atoms with E-state index in [4.69, 9.17) is 5.11 Å². The number of sulfonamides is 1. The summed E-state index contributed by atoms with van der Waals surface area (Å²) >= 11 is 0. The summed E-state index contributed by atoms with van der Waals surface area (Å²) in [5, 5.41) is 9.12. The second kappa shape index (κ2) is 5.34. The smallest absolute Gasteiger partial charge is 0.310 e. The Morgan fingerprint density at radius 3 is 2.33 bits per heavy atom. The molecular formula is C13H15F2NO4S. The van der Waals surface area contributed by atoms with Gasteiger partial charge < -0.3 is 5.11 Å². The third-order valence-electron chi connectivity index (χ3n) is 3.72. The van der Waals surface area contributed by atoms with E-state index in [-0.39, 0.29) is 30.0 Å². The number of carboxylic acid groups (broad SMARTS) is 1. The van der Waals surface area contributed by atoms with E-state index in [9.17, 15) is 22.0 Å². The van der Waals surface area contributed by atoms with Crippen LogP contribution in [0.4, 0.5) is 8.78 Å². The minimum absolute atomic E-state index is 0.0989. The van der Waals surface area contributed by atoms with Crippen molar-refractivity contribution >= 4 is 16.0 Å². The maximum atomic E-state index is 12.5. The summed E-state index contributed by atoms with van der Waals surface area (Å²) in [5.74, 6) is -1.05. The van der Waals surface area contributed by atoms with Crippen LogP contribution >= 0.6 is 0 Å². The molecule has 0 radical (unpaired) electrons. The molecule has 1 aromatic rings. The molecule has 0 bridgehead atoms. The van der Waals surface area contributed by atoms with E-state index >= 15 is 0 Å². The quantitative estimate of drug-likeness (QED) is 0.922. The Morgan fingerprint density at radius 1 is 1.33 bits per heavy atom. The number of aliphatic carboxylic acids is 1. The molecule has 8 heteroatoms. The Bertz CT molecular complexity index is 645. The van der Waals surface area contributed by atoms with Gasteiger partial charge in [0.1, 0.15) is 0 Å². The summed E-state index contributed by atoms with van der Waals surface area (Å²) in [5.41, 5.74) is -1.37. The Hall–Kier alpha value is -1.54. The number of rotatable bonds is 4. The van der Waals surface area contributed by atoms with Gasteiger partial charge in [0, 0.05) is 18.7 Å². The first-order chi connectivity index (χ1) is 9.67. The maximum absolute atomic E-state index is 12.5. The molecule has 1 atom stereocenters. The van der Waals surface area contributed by atoms with E-state index in [0.717, 1.165) is 28.6 Å². The number of benzene rings is 1. The highest BCUT2D eigenvalue weighted by molar-refractivity contribution is 7.89. The topological polar surface area (TPSA) is 74.7 Å². The average molecular weight is 319 g/mol. The molecule has 1 heterocycles. The van der Waals surface area contributed by atoms with Gasteiger partial charge >= 0.3 is 5.97 Å². The normalized spacial score (nSPS) is 23.6. The second-order valence-electron chi connectivity index (χ2n) is 5.32. The van der Waals surface area contributed by atoms with Crippen LogP contribution < -0.4 is 0 Å². The number of alkyl halides is 2. The van der Waals surface area contributed by atoms with Crippen molar-refractivity contribution in [2.45, 2.75) is 24.7 Å². The number of nitrogens with zero attached hydrogens (tertiary/aromatic N) is 1. The Morgan fingerprint density at radius 2 is 1.90 bits per heavy atom. The number of hydrogen-bond donors (Lipinski definition) is 1. The lowest BCUT2D eigenvalue weighted by Crippen LogP contribution is -2.34. The maximum Gasteiger partial charge on any atom is 0.310 e. The molecule has 1 fully saturated rings. The highest BCUT2D eigenvalue weighted by Crippen LogP contribution is 2.34. The van der Waals surface area contributed by atoms with Gasteiger partial charge in [-0.1, -0.05) is 12.1 Å². The molecule has 1 aromatic carbocycles. The zero-order valence-electron chi connectivity index (χ0n) is 11.3. The molecule has 1 saturated heterocycles. The first-order valence-corrected chi connectivity index (χ1v) is 7.72. The monoisotopic (exact) mass is 319 g/mol. The van der Waals surface area contributed by atoms with Crippen molar-refractivity contribution in [2.75, 3.05) is 13.1 Å². The molecule has 0 aromatic heterocycles. The van der Waals surface area contributed by atoms with Crippen LogP contribution in [0.2, 0.25) is 0 Å². The van der Waals surface area contributed by atoms with Crippen molar-refractivity contribution in [3.63, 3.8) is 0 Å². The van der Waals surface area contributed by atoms with Gasteiger partial charge in [-0.05, 0) is 25.5 Å². The number of hydrogen-bond acceptors (Lipinski definition) is 3. The average Bonchev–Trinajstić information content (AvgIpc) is 2.84. The number of halogens is 2. The van der Waals surface area contributed by atoms with Crippen LogP contribution in [-0.2, 0) is 14.8 Å². The minimum atomic E-state index is -3.86. The molecule has 0 amide bonds. The fourth-order valence-corrected chi connectivity index (χ4v) is 3.80. The lowest BCUT2D eigenvalue weighted by Gasteiger charge is -2.20. The van der Waals surface area contributed by atoms with Gasteiger partial charge in [-0.25, -0.2) is 17.2 Å². The third kappa shape index (κ3) is 2.91. The van der Waals surface area contributed by atoms with Gasteiger partial charge in [-0.2, -0.15) is 4.31 Å². The lowest BCUT2D eigenvalue weighted by atomic mass is 9.90.